The first-order valence-electron chi connectivity index (χ1n) is 10.6. The zero-order valence-electron chi connectivity index (χ0n) is 17.4. The minimum Gasteiger partial charge on any atom is -0.352 e. The Balaban J connectivity index is 1.51. The summed E-state index contributed by atoms with van der Waals surface area (Å²) in [6.45, 7) is 3.47. The van der Waals surface area contributed by atoms with Crippen molar-refractivity contribution in [2.24, 2.45) is 11.7 Å². The molecule has 0 radical (unpaired) electrons. The normalized spacial score (nSPS) is 15.6. The van der Waals surface area contributed by atoms with Crippen LogP contribution in [0, 0.1) is 18.7 Å². The maximum absolute atomic E-state index is 14.2. The first kappa shape index (κ1) is 21.8. The molecule has 0 aromatic heterocycles. The number of amides is 3. The number of rotatable bonds is 7. The van der Waals surface area contributed by atoms with Crippen molar-refractivity contribution in [3.05, 3.63) is 71.0 Å². The molecule has 1 heterocycles. The highest BCUT2D eigenvalue weighted by Crippen LogP contribution is 2.25. The van der Waals surface area contributed by atoms with Crippen LogP contribution in [0.15, 0.2) is 48.5 Å². The molecule has 5 nitrogen and oxygen atoms in total. The topological polar surface area (TPSA) is 75.4 Å². The number of halogens is 1. The Labute approximate surface area is 177 Å². The standard InChI is InChI=1S/C24H30FN3O2/c1-17-6-8-18(9-7-17)10-11-19-12-14-28(15-13-19)23(29)16-22(27-24(26)30)20-4-2-3-5-21(20)25/h2-9,19,22H,10-16H2,1H3,(H3,26,27,30)/t22-/m0/s1. The van der Waals surface area contributed by atoms with E-state index in [1.807, 2.05) is 4.90 Å². The highest BCUT2D eigenvalue weighted by Gasteiger charge is 2.27. The second kappa shape index (κ2) is 10.2. The van der Waals surface area contributed by atoms with Crippen molar-refractivity contribution in [2.45, 2.75) is 45.1 Å². The summed E-state index contributed by atoms with van der Waals surface area (Å²) in [6.07, 6.45) is 4.09. The van der Waals surface area contributed by atoms with Gasteiger partial charge in [0.15, 0.2) is 0 Å². The lowest BCUT2D eigenvalue weighted by Gasteiger charge is -2.33. The van der Waals surface area contributed by atoms with Gasteiger partial charge in [0.1, 0.15) is 5.82 Å². The predicted molar refractivity (Wildman–Crippen MR) is 115 cm³/mol. The number of nitrogens with one attached hydrogen (secondary N) is 1. The SMILES string of the molecule is Cc1ccc(CCC2CCN(C(=O)C[C@H](NC(N)=O)c3ccccc3F)CC2)cc1. The average Bonchev–Trinajstić information content (AvgIpc) is 2.73. The minimum atomic E-state index is -0.772. The van der Waals surface area contributed by atoms with Crippen LogP contribution in [-0.2, 0) is 11.2 Å². The van der Waals surface area contributed by atoms with E-state index >= 15 is 0 Å². The Morgan fingerprint density at radius 2 is 1.80 bits per heavy atom. The molecule has 0 aliphatic carbocycles. The van der Waals surface area contributed by atoms with Crippen molar-refractivity contribution in [3.8, 4) is 0 Å². The van der Waals surface area contributed by atoms with E-state index in [1.54, 1.807) is 18.2 Å². The van der Waals surface area contributed by atoms with E-state index in [-0.39, 0.29) is 17.9 Å². The van der Waals surface area contributed by atoms with Crippen molar-refractivity contribution in [1.29, 1.82) is 0 Å². The average molecular weight is 412 g/mol. The third-order valence-electron chi connectivity index (χ3n) is 5.90. The minimum absolute atomic E-state index is 0.00208. The molecule has 1 saturated heterocycles. The number of benzene rings is 2. The highest BCUT2D eigenvalue weighted by atomic mass is 19.1. The van der Waals surface area contributed by atoms with Crippen LogP contribution in [0.4, 0.5) is 9.18 Å². The van der Waals surface area contributed by atoms with Crippen LogP contribution in [0.2, 0.25) is 0 Å². The first-order valence-corrected chi connectivity index (χ1v) is 10.6. The lowest BCUT2D eigenvalue weighted by molar-refractivity contribution is -0.133. The van der Waals surface area contributed by atoms with Gasteiger partial charge in [-0.2, -0.15) is 0 Å². The lowest BCUT2D eigenvalue weighted by atomic mass is 9.90. The number of hydrogen-bond donors (Lipinski definition) is 2. The van der Waals surface area contributed by atoms with Crippen LogP contribution in [0.1, 0.15) is 48.4 Å². The molecule has 0 saturated carbocycles. The summed E-state index contributed by atoms with van der Waals surface area (Å²) in [5.74, 6) is 0.0503. The van der Waals surface area contributed by atoms with Gasteiger partial charge in [0.2, 0.25) is 5.91 Å². The first-order chi connectivity index (χ1) is 14.4. The van der Waals surface area contributed by atoms with Gasteiger partial charge >= 0.3 is 6.03 Å². The fraction of sp³-hybridized carbons (Fsp3) is 0.417. The van der Waals surface area contributed by atoms with E-state index in [9.17, 15) is 14.0 Å². The van der Waals surface area contributed by atoms with Crippen LogP contribution in [0.25, 0.3) is 0 Å². The van der Waals surface area contributed by atoms with Gasteiger partial charge in [-0.05, 0) is 50.2 Å². The molecule has 1 fully saturated rings. The fourth-order valence-corrected chi connectivity index (χ4v) is 4.07. The third-order valence-corrected chi connectivity index (χ3v) is 5.90. The van der Waals surface area contributed by atoms with E-state index in [0.29, 0.717) is 19.0 Å². The Hall–Kier alpha value is -2.89. The molecule has 3 rings (SSSR count). The number of carbonyl (C=O) groups is 2. The number of carbonyl (C=O) groups excluding carboxylic acids is 2. The maximum atomic E-state index is 14.2. The number of nitrogens with zero attached hydrogens (tertiary/aromatic N) is 1. The summed E-state index contributed by atoms with van der Waals surface area (Å²) in [5, 5.41) is 2.51. The fourth-order valence-electron chi connectivity index (χ4n) is 4.07. The van der Waals surface area contributed by atoms with Crippen molar-refractivity contribution >= 4 is 11.9 Å². The molecule has 2 aromatic carbocycles. The van der Waals surface area contributed by atoms with E-state index < -0.39 is 17.9 Å². The Morgan fingerprint density at radius 3 is 2.43 bits per heavy atom. The van der Waals surface area contributed by atoms with Gasteiger partial charge in [-0.1, -0.05) is 48.0 Å². The number of likely N-dealkylation sites (tertiary alicyclic amines) is 1. The van der Waals surface area contributed by atoms with Gasteiger partial charge in [0.05, 0.1) is 12.5 Å². The molecule has 1 aliphatic heterocycles. The molecular formula is C24H30FN3O2. The van der Waals surface area contributed by atoms with Crippen molar-refractivity contribution in [2.75, 3.05) is 13.1 Å². The summed E-state index contributed by atoms with van der Waals surface area (Å²) in [5.41, 5.74) is 8.14. The van der Waals surface area contributed by atoms with E-state index in [4.69, 9.17) is 5.73 Å². The number of hydrogen-bond acceptors (Lipinski definition) is 2. The molecular weight excluding hydrogens is 381 g/mol. The molecule has 30 heavy (non-hydrogen) atoms. The Bertz CT molecular complexity index is 861. The summed E-state index contributed by atoms with van der Waals surface area (Å²) in [6, 6.07) is 13.2. The smallest absolute Gasteiger partial charge is 0.312 e. The Morgan fingerprint density at radius 1 is 1.13 bits per heavy atom. The third kappa shape index (κ3) is 6.05. The molecule has 0 unspecified atom stereocenters. The molecule has 3 N–H and O–H groups in total. The van der Waals surface area contributed by atoms with Crippen LogP contribution in [-0.4, -0.2) is 29.9 Å². The Kier molecular flexibility index (Phi) is 7.44. The molecule has 0 spiro atoms. The summed E-state index contributed by atoms with van der Waals surface area (Å²) in [7, 11) is 0. The van der Waals surface area contributed by atoms with E-state index in [2.05, 4.69) is 36.5 Å². The van der Waals surface area contributed by atoms with Crippen LogP contribution < -0.4 is 11.1 Å². The molecule has 0 bridgehead atoms. The van der Waals surface area contributed by atoms with Gasteiger partial charge in [0.25, 0.3) is 0 Å². The highest BCUT2D eigenvalue weighted by molar-refractivity contribution is 5.79. The number of urea groups is 1. The zero-order valence-corrected chi connectivity index (χ0v) is 17.4. The van der Waals surface area contributed by atoms with Gasteiger partial charge in [0, 0.05) is 18.7 Å². The van der Waals surface area contributed by atoms with Gasteiger partial charge in [-0.15, -0.1) is 0 Å². The van der Waals surface area contributed by atoms with E-state index in [0.717, 1.165) is 25.7 Å². The van der Waals surface area contributed by atoms with Crippen LogP contribution in [0.3, 0.4) is 0 Å². The summed E-state index contributed by atoms with van der Waals surface area (Å²) < 4.78 is 14.2. The largest absolute Gasteiger partial charge is 0.352 e. The molecule has 3 amide bonds. The van der Waals surface area contributed by atoms with Gasteiger partial charge in [-0.3, -0.25) is 4.79 Å². The number of primary amides is 1. The molecule has 1 atom stereocenters. The number of nitrogens with two attached hydrogens (primary N) is 1. The number of aryl methyl sites for hydroxylation is 2. The van der Waals surface area contributed by atoms with Crippen molar-refractivity contribution < 1.29 is 14.0 Å². The van der Waals surface area contributed by atoms with Gasteiger partial charge < -0.3 is 16.0 Å². The van der Waals surface area contributed by atoms with E-state index in [1.165, 1.54) is 17.2 Å². The molecule has 160 valence electrons. The summed E-state index contributed by atoms with van der Waals surface area (Å²) in [4.78, 5) is 26.0. The zero-order chi connectivity index (χ0) is 21.5. The molecule has 1 aliphatic rings. The van der Waals surface area contributed by atoms with Crippen LogP contribution in [0.5, 0.6) is 0 Å². The van der Waals surface area contributed by atoms with Crippen molar-refractivity contribution in [1.82, 2.24) is 10.2 Å². The van der Waals surface area contributed by atoms with Crippen molar-refractivity contribution in [3.63, 3.8) is 0 Å². The van der Waals surface area contributed by atoms with Gasteiger partial charge in [-0.25, -0.2) is 9.18 Å². The predicted octanol–water partition coefficient (Wildman–Crippen LogP) is 4.11. The molecule has 2 aromatic rings. The number of piperidine rings is 1. The van der Waals surface area contributed by atoms with Crippen LogP contribution >= 0.6 is 0 Å². The quantitative estimate of drug-likeness (QED) is 0.720. The monoisotopic (exact) mass is 411 g/mol. The maximum Gasteiger partial charge on any atom is 0.312 e. The lowest BCUT2D eigenvalue weighted by Crippen LogP contribution is -2.42. The second-order valence-electron chi connectivity index (χ2n) is 8.14. The second-order valence-corrected chi connectivity index (χ2v) is 8.14. The molecule has 6 heteroatoms. The summed E-state index contributed by atoms with van der Waals surface area (Å²) >= 11 is 0.